The van der Waals surface area contributed by atoms with Gasteiger partial charge in [-0.15, -0.1) is 0 Å². The summed E-state index contributed by atoms with van der Waals surface area (Å²) < 4.78 is 13.3. The number of anilines is 1. The van der Waals surface area contributed by atoms with Crippen molar-refractivity contribution < 1.29 is 9.18 Å². The highest BCUT2D eigenvalue weighted by molar-refractivity contribution is 5.89. The number of rotatable bonds is 6. The molecule has 0 bridgehead atoms. The highest BCUT2D eigenvalue weighted by Gasteiger charge is 2.23. The lowest BCUT2D eigenvalue weighted by Crippen LogP contribution is -2.41. The standard InChI is InChI=1S/C21H27FN4O/c22-18-9-7-17(8-10-18)20(26-11-2-1-3-12-26)15-24-21(27)25-19-6-4-5-16(13-19)14-23/h4-10,13,20H,1-3,11-12,14-15,23H2,(H2,24,25,27)/t20-/m1/s1. The van der Waals surface area contributed by atoms with Crippen molar-refractivity contribution in [1.82, 2.24) is 10.2 Å². The van der Waals surface area contributed by atoms with Crippen LogP contribution < -0.4 is 16.4 Å². The number of benzene rings is 2. The Hall–Kier alpha value is -2.44. The van der Waals surface area contributed by atoms with Crippen LogP contribution in [0.15, 0.2) is 48.5 Å². The molecule has 2 amide bonds. The van der Waals surface area contributed by atoms with Crippen molar-refractivity contribution in [2.75, 3.05) is 25.0 Å². The van der Waals surface area contributed by atoms with Gasteiger partial charge in [-0.2, -0.15) is 0 Å². The maximum atomic E-state index is 13.3. The van der Waals surface area contributed by atoms with Gasteiger partial charge in [0.2, 0.25) is 0 Å². The van der Waals surface area contributed by atoms with Gasteiger partial charge >= 0.3 is 6.03 Å². The minimum Gasteiger partial charge on any atom is -0.336 e. The van der Waals surface area contributed by atoms with Crippen LogP contribution in [0.4, 0.5) is 14.9 Å². The smallest absolute Gasteiger partial charge is 0.319 e. The van der Waals surface area contributed by atoms with Gasteiger partial charge in [-0.05, 0) is 61.3 Å². The van der Waals surface area contributed by atoms with Crippen molar-refractivity contribution in [2.24, 2.45) is 5.73 Å². The first-order valence-corrected chi connectivity index (χ1v) is 9.49. The van der Waals surface area contributed by atoms with E-state index >= 15 is 0 Å². The van der Waals surface area contributed by atoms with Crippen LogP contribution in [0.2, 0.25) is 0 Å². The number of nitrogens with two attached hydrogens (primary N) is 1. The molecular weight excluding hydrogens is 343 g/mol. The average molecular weight is 370 g/mol. The molecule has 0 aromatic heterocycles. The fourth-order valence-corrected chi connectivity index (χ4v) is 3.51. The molecule has 0 saturated carbocycles. The largest absolute Gasteiger partial charge is 0.336 e. The van der Waals surface area contributed by atoms with Gasteiger partial charge in [0.25, 0.3) is 0 Å². The number of carbonyl (C=O) groups excluding carboxylic acids is 1. The van der Waals surface area contributed by atoms with E-state index in [1.165, 1.54) is 18.6 Å². The number of carbonyl (C=O) groups is 1. The van der Waals surface area contributed by atoms with E-state index in [0.717, 1.165) is 37.1 Å². The number of halogens is 1. The summed E-state index contributed by atoms with van der Waals surface area (Å²) in [4.78, 5) is 14.7. The van der Waals surface area contributed by atoms with Crippen molar-refractivity contribution >= 4 is 11.7 Å². The fourth-order valence-electron chi connectivity index (χ4n) is 3.51. The van der Waals surface area contributed by atoms with E-state index in [1.807, 2.05) is 24.3 Å². The minimum atomic E-state index is -0.256. The predicted octanol–water partition coefficient (Wildman–Crippen LogP) is 3.63. The number of amides is 2. The Labute approximate surface area is 159 Å². The number of urea groups is 1. The molecule has 1 saturated heterocycles. The lowest BCUT2D eigenvalue weighted by atomic mass is 10.0. The van der Waals surface area contributed by atoms with Crippen LogP contribution in [0.1, 0.15) is 36.4 Å². The van der Waals surface area contributed by atoms with Crippen LogP contribution >= 0.6 is 0 Å². The van der Waals surface area contributed by atoms with Crippen LogP contribution in [0.3, 0.4) is 0 Å². The van der Waals surface area contributed by atoms with Crippen molar-refractivity contribution in [3.63, 3.8) is 0 Å². The quantitative estimate of drug-likeness (QED) is 0.727. The van der Waals surface area contributed by atoms with E-state index in [-0.39, 0.29) is 17.9 Å². The summed E-state index contributed by atoms with van der Waals surface area (Å²) in [5.74, 6) is -0.248. The molecule has 4 N–H and O–H groups in total. The third-order valence-corrected chi connectivity index (χ3v) is 4.96. The van der Waals surface area contributed by atoms with Gasteiger partial charge in [-0.25, -0.2) is 9.18 Å². The molecular formula is C21H27FN4O. The Bertz CT molecular complexity index is 744. The normalized spacial score (nSPS) is 15.9. The van der Waals surface area contributed by atoms with Crippen LogP contribution in [-0.4, -0.2) is 30.6 Å². The number of hydrogen-bond donors (Lipinski definition) is 3. The monoisotopic (exact) mass is 370 g/mol. The molecule has 0 spiro atoms. The first-order chi connectivity index (χ1) is 13.2. The summed E-state index contributed by atoms with van der Waals surface area (Å²) >= 11 is 0. The van der Waals surface area contributed by atoms with E-state index < -0.39 is 0 Å². The Morgan fingerprint density at radius 2 is 1.85 bits per heavy atom. The maximum absolute atomic E-state index is 13.3. The van der Waals surface area contributed by atoms with Crippen LogP contribution in [0.5, 0.6) is 0 Å². The van der Waals surface area contributed by atoms with Gasteiger partial charge in [0, 0.05) is 18.8 Å². The zero-order chi connectivity index (χ0) is 19.1. The molecule has 1 heterocycles. The Morgan fingerprint density at radius 1 is 1.11 bits per heavy atom. The minimum absolute atomic E-state index is 0.0343. The molecule has 1 atom stereocenters. The van der Waals surface area contributed by atoms with E-state index in [0.29, 0.717) is 18.8 Å². The van der Waals surface area contributed by atoms with E-state index in [4.69, 9.17) is 5.73 Å². The second-order valence-corrected chi connectivity index (χ2v) is 6.90. The van der Waals surface area contributed by atoms with Crippen molar-refractivity contribution in [2.45, 2.75) is 31.8 Å². The first kappa shape index (κ1) is 19.3. The molecule has 1 aliphatic rings. The van der Waals surface area contributed by atoms with Crippen molar-refractivity contribution in [3.05, 3.63) is 65.5 Å². The molecule has 2 aromatic carbocycles. The zero-order valence-electron chi connectivity index (χ0n) is 15.5. The molecule has 0 radical (unpaired) electrons. The van der Waals surface area contributed by atoms with Gasteiger partial charge in [0.15, 0.2) is 0 Å². The number of nitrogens with zero attached hydrogens (tertiary/aromatic N) is 1. The second-order valence-electron chi connectivity index (χ2n) is 6.90. The molecule has 3 rings (SSSR count). The van der Waals surface area contributed by atoms with Crippen LogP contribution in [0.25, 0.3) is 0 Å². The molecule has 2 aromatic rings. The van der Waals surface area contributed by atoms with E-state index in [2.05, 4.69) is 15.5 Å². The van der Waals surface area contributed by atoms with Crippen LogP contribution in [0, 0.1) is 5.82 Å². The van der Waals surface area contributed by atoms with Crippen LogP contribution in [-0.2, 0) is 6.54 Å². The molecule has 5 nitrogen and oxygen atoms in total. The second kappa shape index (κ2) is 9.48. The van der Waals surface area contributed by atoms with E-state index in [1.54, 1.807) is 12.1 Å². The number of piperidine rings is 1. The number of likely N-dealkylation sites (tertiary alicyclic amines) is 1. The number of hydrogen-bond acceptors (Lipinski definition) is 3. The summed E-state index contributed by atoms with van der Waals surface area (Å²) in [6, 6.07) is 13.8. The summed E-state index contributed by atoms with van der Waals surface area (Å²) in [6.45, 7) is 2.88. The number of nitrogens with one attached hydrogen (secondary N) is 2. The molecule has 27 heavy (non-hydrogen) atoms. The lowest BCUT2D eigenvalue weighted by Gasteiger charge is -2.35. The highest BCUT2D eigenvalue weighted by Crippen LogP contribution is 2.24. The molecule has 144 valence electrons. The molecule has 6 heteroatoms. The molecule has 1 aliphatic heterocycles. The third kappa shape index (κ3) is 5.52. The Kier molecular flexibility index (Phi) is 6.79. The third-order valence-electron chi connectivity index (χ3n) is 4.96. The average Bonchev–Trinajstić information content (AvgIpc) is 2.70. The molecule has 0 unspecified atom stereocenters. The highest BCUT2D eigenvalue weighted by atomic mass is 19.1. The predicted molar refractivity (Wildman–Crippen MR) is 106 cm³/mol. The maximum Gasteiger partial charge on any atom is 0.319 e. The zero-order valence-corrected chi connectivity index (χ0v) is 15.5. The fraction of sp³-hybridized carbons (Fsp3) is 0.381. The Balaban J connectivity index is 1.64. The molecule has 1 fully saturated rings. The van der Waals surface area contributed by atoms with Gasteiger partial charge in [0.1, 0.15) is 5.82 Å². The van der Waals surface area contributed by atoms with E-state index in [9.17, 15) is 9.18 Å². The molecule has 0 aliphatic carbocycles. The summed E-state index contributed by atoms with van der Waals surface area (Å²) in [5, 5.41) is 5.81. The van der Waals surface area contributed by atoms with Gasteiger partial charge in [-0.1, -0.05) is 30.7 Å². The lowest BCUT2D eigenvalue weighted by molar-refractivity contribution is 0.161. The summed E-state index contributed by atoms with van der Waals surface area (Å²) in [5.41, 5.74) is 8.34. The summed E-state index contributed by atoms with van der Waals surface area (Å²) in [7, 11) is 0. The van der Waals surface area contributed by atoms with Gasteiger partial charge < -0.3 is 16.4 Å². The van der Waals surface area contributed by atoms with Crippen molar-refractivity contribution in [1.29, 1.82) is 0 Å². The first-order valence-electron chi connectivity index (χ1n) is 9.49. The summed E-state index contributed by atoms with van der Waals surface area (Å²) in [6.07, 6.45) is 3.53. The Morgan fingerprint density at radius 3 is 2.56 bits per heavy atom. The SMILES string of the molecule is NCc1cccc(NC(=O)NC[C@H](c2ccc(F)cc2)N2CCCCC2)c1. The van der Waals surface area contributed by atoms with Crippen molar-refractivity contribution in [3.8, 4) is 0 Å². The van der Waals surface area contributed by atoms with Gasteiger partial charge in [-0.3, -0.25) is 4.90 Å². The topological polar surface area (TPSA) is 70.4 Å². The van der Waals surface area contributed by atoms with Gasteiger partial charge in [0.05, 0.1) is 6.04 Å².